The first-order chi connectivity index (χ1) is 13.5. The average molecular weight is 379 g/mol. The minimum absolute atomic E-state index is 0.0540. The third-order valence-electron chi connectivity index (χ3n) is 4.39. The molecule has 0 fully saturated rings. The molecule has 7 nitrogen and oxygen atoms in total. The molecule has 0 spiro atoms. The van der Waals surface area contributed by atoms with Gasteiger partial charge in [0.25, 0.3) is 5.91 Å². The van der Waals surface area contributed by atoms with Gasteiger partial charge < -0.3 is 9.42 Å². The topological polar surface area (TPSA) is 85.0 Å². The number of aryl methyl sites for hydroxylation is 3. The molecule has 1 amide bonds. The van der Waals surface area contributed by atoms with Crippen molar-refractivity contribution in [3.8, 4) is 11.3 Å². The minimum atomic E-state index is -0.0540. The molecule has 0 N–H and O–H groups in total. The Balaban J connectivity index is 1.75. The zero-order valence-electron chi connectivity index (χ0n) is 16.8. The molecule has 3 rings (SSSR count). The van der Waals surface area contributed by atoms with Crippen LogP contribution in [0.25, 0.3) is 11.3 Å². The van der Waals surface area contributed by atoms with E-state index >= 15 is 0 Å². The number of aromatic nitrogens is 4. The van der Waals surface area contributed by atoms with Gasteiger partial charge in [0.05, 0.1) is 5.69 Å². The highest BCUT2D eigenvalue weighted by Crippen LogP contribution is 2.20. The van der Waals surface area contributed by atoms with Gasteiger partial charge in [0.1, 0.15) is 5.82 Å². The smallest absolute Gasteiger partial charge is 0.253 e. The van der Waals surface area contributed by atoms with Gasteiger partial charge in [0.2, 0.25) is 5.89 Å². The van der Waals surface area contributed by atoms with Crippen molar-refractivity contribution < 1.29 is 9.32 Å². The number of rotatable bonds is 7. The Labute approximate surface area is 164 Å². The summed E-state index contributed by atoms with van der Waals surface area (Å²) < 4.78 is 4.97. The summed E-state index contributed by atoms with van der Waals surface area (Å²) in [4.78, 5) is 27.7. The molecule has 0 saturated carbocycles. The van der Waals surface area contributed by atoms with Crippen molar-refractivity contribution in [3.05, 3.63) is 59.1 Å². The van der Waals surface area contributed by atoms with Crippen LogP contribution in [0.15, 0.2) is 34.9 Å². The Kier molecular flexibility index (Phi) is 6.13. The number of benzene rings is 1. The van der Waals surface area contributed by atoms with Crippen molar-refractivity contribution in [3.63, 3.8) is 0 Å². The van der Waals surface area contributed by atoms with E-state index < -0.39 is 0 Å². The van der Waals surface area contributed by atoms with Crippen molar-refractivity contribution in [2.45, 2.75) is 40.0 Å². The van der Waals surface area contributed by atoms with Gasteiger partial charge in [-0.2, -0.15) is 4.98 Å². The largest absolute Gasteiger partial charge is 0.341 e. The standard InChI is InChI=1S/C21H25N5O2/c1-5-7-18-13-19(23-14(2)22-18)16-8-6-9-17(12-16)21(27)26(4)11-10-20-24-15(3)28-25-20/h6,8-9,12-13H,5,7,10-11H2,1-4H3. The molecule has 0 aliphatic heterocycles. The highest BCUT2D eigenvalue weighted by atomic mass is 16.5. The molecule has 0 bridgehead atoms. The predicted molar refractivity (Wildman–Crippen MR) is 106 cm³/mol. The van der Waals surface area contributed by atoms with Gasteiger partial charge in [-0.05, 0) is 31.5 Å². The Morgan fingerprint density at radius 3 is 2.64 bits per heavy atom. The molecule has 2 heterocycles. The number of carbonyl (C=O) groups is 1. The molecular weight excluding hydrogens is 354 g/mol. The maximum absolute atomic E-state index is 12.8. The normalized spacial score (nSPS) is 10.9. The summed E-state index contributed by atoms with van der Waals surface area (Å²) >= 11 is 0. The SMILES string of the molecule is CCCc1cc(-c2cccc(C(=O)N(C)CCc3noc(C)n3)c2)nc(C)n1. The molecule has 0 saturated heterocycles. The highest BCUT2D eigenvalue weighted by molar-refractivity contribution is 5.95. The first-order valence-electron chi connectivity index (χ1n) is 9.46. The second kappa shape index (κ2) is 8.73. The lowest BCUT2D eigenvalue weighted by molar-refractivity contribution is 0.0796. The van der Waals surface area contributed by atoms with E-state index in [0.29, 0.717) is 30.2 Å². The van der Waals surface area contributed by atoms with E-state index in [1.165, 1.54) is 0 Å². The van der Waals surface area contributed by atoms with Crippen LogP contribution in [-0.2, 0) is 12.8 Å². The van der Waals surface area contributed by atoms with Crippen molar-refractivity contribution in [1.29, 1.82) is 0 Å². The average Bonchev–Trinajstić information content (AvgIpc) is 3.10. The lowest BCUT2D eigenvalue weighted by atomic mass is 10.1. The molecule has 0 atom stereocenters. The molecule has 3 aromatic rings. The van der Waals surface area contributed by atoms with Crippen LogP contribution in [0.3, 0.4) is 0 Å². The molecule has 0 unspecified atom stereocenters. The van der Waals surface area contributed by atoms with Crippen molar-refractivity contribution in [2.75, 3.05) is 13.6 Å². The fourth-order valence-corrected chi connectivity index (χ4v) is 3.01. The zero-order valence-corrected chi connectivity index (χ0v) is 16.8. The van der Waals surface area contributed by atoms with Crippen LogP contribution in [0.2, 0.25) is 0 Å². The summed E-state index contributed by atoms with van der Waals surface area (Å²) in [6.45, 7) is 6.28. The Hall–Kier alpha value is -3.09. The molecule has 0 aliphatic carbocycles. The third-order valence-corrected chi connectivity index (χ3v) is 4.39. The molecule has 0 aliphatic rings. The molecule has 28 heavy (non-hydrogen) atoms. The second-order valence-corrected chi connectivity index (χ2v) is 6.83. The maximum atomic E-state index is 12.8. The van der Waals surface area contributed by atoms with E-state index in [0.717, 1.165) is 35.6 Å². The van der Waals surface area contributed by atoms with Gasteiger partial charge in [-0.15, -0.1) is 0 Å². The number of hydrogen-bond acceptors (Lipinski definition) is 6. The van der Waals surface area contributed by atoms with E-state index in [2.05, 4.69) is 27.0 Å². The van der Waals surface area contributed by atoms with E-state index in [4.69, 9.17) is 4.52 Å². The van der Waals surface area contributed by atoms with Crippen molar-refractivity contribution in [1.82, 2.24) is 25.0 Å². The minimum Gasteiger partial charge on any atom is -0.341 e. The van der Waals surface area contributed by atoms with E-state index in [9.17, 15) is 4.79 Å². The summed E-state index contributed by atoms with van der Waals surface area (Å²) in [5.41, 5.74) is 3.40. The molecular formula is C21H25N5O2. The Bertz CT molecular complexity index is 967. The molecule has 0 radical (unpaired) electrons. The number of nitrogens with zero attached hydrogens (tertiary/aromatic N) is 5. The van der Waals surface area contributed by atoms with Crippen molar-refractivity contribution >= 4 is 5.91 Å². The maximum Gasteiger partial charge on any atom is 0.253 e. The fourth-order valence-electron chi connectivity index (χ4n) is 3.01. The molecule has 2 aromatic heterocycles. The summed E-state index contributed by atoms with van der Waals surface area (Å²) in [7, 11) is 1.77. The summed E-state index contributed by atoms with van der Waals surface area (Å²) in [5, 5.41) is 3.87. The van der Waals surface area contributed by atoms with E-state index in [-0.39, 0.29) is 5.91 Å². The Morgan fingerprint density at radius 1 is 1.11 bits per heavy atom. The van der Waals surface area contributed by atoms with Crippen LogP contribution in [0.4, 0.5) is 0 Å². The molecule has 146 valence electrons. The quantitative estimate of drug-likeness (QED) is 0.625. The summed E-state index contributed by atoms with van der Waals surface area (Å²) in [5.74, 6) is 1.82. The van der Waals surface area contributed by atoms with Crippen LogP contribution in [0.5, 0.6) is 0 Å². The number of likely N-dealkylation sites (N-methyl/N-ethyl adjacent to an activating group) is 1. The van der Waals surface area contributed by atoms with Gasteiger partial charge in [-0.1, -0.05) is 30.6 Å². The van der Waals surface area contributed by atoms with Crippen LogP contribution >= 0.6 is 0 Å². The predicted octanol–water partition coefficient (Wildman–Crippen LogP) is 3.41. The second-order valence-electron chi connectivity index (χ2n) is 6.83. The van der Waals surface area contributed by atoms with Crippen LogP contribution in [-0.4, -0.2) is 44.5 Å². The van der Waals surface area contributed by atoms with E-state index in [1.807, 2.05) is 37.3 Å². The van der Waals surface area contributed by atoms with Gasteiger partial charge in [0.15, 0.2) is 5.82 Å². The van der Waals surface area contributed by atoms with Gasteiger partial charge in [0, 0.05) is 43.8 Å². The summed E-state index contributed by atoms with van der Waals surface area (Å²) in [6.07, 6.45) is 2.48. The summed E-state index contributed by atoms with van der Waals surface area (Å²) in [6, 6.07) is 9.56. The molecule has 1 aromatic carbocycles. The zero-order chi connectivity index (χ0) is 20.1. The lowest BCUT2D eigenvalue weighted by Gasteiger charge is -2.16. The fraction of sp³-hybridized carbons (Fsp3) is 0.381. The number of amides is 1. The van der Waals surface area contributed by atoms with Crippen molar-refractivity contribution in [2.24, 2.45) is 0 Å². The molecule has 7 heteroatoms. The van der Waals surface area contributed by atoms with Crippen LogP contribution < -0.4 is 0 Å². The van der Waals surface area contributed by atoms with Gasteiger partial charge >= 0.3 is 0 Å². The van der Waals surface area contributed by atoms with Gasteiger partial charge in [-0.3, -0.25) is 4.79 Å². The Morgan fingerprint density at radius 2 is 1.93 bits per heavy atom. The monoisotopic (exact) mass is 379 g/mol. The first-order valence-corrected chi connectivity index (χ1v) is 9.46. The number of hydrogen-bond donors (Lipinski definition) is 0. The lowest BCUT2D eigenvalue weighted by Crippen LogP contribution is -2.29. The third kappa shape index (κ3) is 4.79. The van der Waals surface area contributed by atoms with Gasteiger partial charge in [-0.25, -0.2) is 9.97 Å². The highest BCUT2D eigenvalue weighted by Gasteiger charge is 2.14. The van der Waals surface area contributed by atoms with Crippen LogP contribution in [0.1, 0.15) is 46.9 Å². The van der Waals surface area contributed by atoms with E-state index in [1.54, 1.807) is 18.9 Å². The number of carbonyl (C=O) groups excluding carboxylic acids is 1. The first kappa shape index (κ1) is 19.7. The van der Waals surface area contributed by atoms with Crippen LogP contribution in [0, 0.1) is 13.8 Å².